The van der Waals surface area contributed by atoms with Crippen molar-refractivity contribution in [3.05, 3.63) is 23.3 Å². The van der Waals surface area contributed by atoms with Crippen LogP contribution in [-0.2, 0) is 0 Å². The monoisotopic (exact) mass is 170 g/mol. The van der Waals surface area contributed by atoms with Gasteiger partial charge in [0, 0.05) is 17.6 Å². The Morgan fingerprint density at radius 2 is 2.55 bits per heavy atom. The summed E-state index contributed by atoms with van der Waals surface area (Å²) in [6, 6.07) is 0.330. The second-order valence-electron chi connectivity index (χ2n) is 2.35. The molecule has 3 heteroatoms. The van der Waals surface area contributed by atoms with Gasteiger partial charge in [0.15, 0.2) is 0 Å². The smallest absolute Gasteiger partial charge is 0.0565 e. The number of hydrogen-bond donors (Lipinski definition) is 2. The Kier molecular flexibility index (Phi) is 3.52. The van der Waals surface area contributed by atoms with Gasteiger partial charge in [-0.3, -0.25) is 0 Å². The lowest BCUT2D eigenvalue weighted by Crippen LogP contribution is -2.32. The Hall–Kier alpha value is -0.410. The first-order valence-electron chi connectivity index (χ1n) is 3.84. The lowest BCUT2D eigenvalue weighted by Gasteiger charge is -2.15. The van der Waals surface area contributed by atoms with Crippen LogP contribution in [0.2, 0.25) is 0 Å². The number of allylic oxidation sites excluding steroid dienone is 1. The second-order valence-corrected chi connectivity index (χ2v) is 3.69. The molecule has 1 aliphatic rings. The van der Waals surface area contributed by atoms with E-state index in [2.05, 4.69) is 24.4 Å². The van der Waals surface area contributed by atoms with Crippen molar-refractivity contribution in [1.82, 2.24) is 5.32 Å². The summed E-state index contributed by atoms with van der Waals surface area (Å²) in [6.07, 6.45) is 6.27. The molecule has 0 radical (unpaired) electrons. The maximum Gasteiger partial charge on any atom is 0.0565 e. The molecule has 0 aromatic rings. The van der Waals surface area contributed by atoms with Gasteiger partial charge in [0.05, 0.1) is 6.04 Å². The van der Waals surface area contributed by atoms with E-state index in [9.17, 15) is 0 Å². The molecule has 1 aliphatic heterocycles. The van der Waals surface area contributed by atoms with Crippen LogP contribution in [0.4, 0.5) is 0 Å². The first-order chi connectivity index (χ1) is 5.36. The average molecular weight is 170 g/mol. The molecule has 1 rings (SSSR count). The van der Waals surface area contributed by atoms with E-state index in [1.807, 2.05) is 18.0 Å². The summed E-state index contributed by atoms with van der Waals surface area (Å²) in [6.45, 7) is 2.81. The molecule has 1 heterocycles. The molecule has 0 saturated carbocycles. The summed E-state index contributed by atoms with van der Waals surface area (Å²) >= 11 is 1.84. The zero-order valence-corrected chi connectivity index (χ0v) is 7.53. The SMILES string of the molecule is CCSC1=CNC(CN)C=C1. The summed E-state index contributed by atoms with van der Waals surface area (Å²) in [7, 11) is 0. The Labute approximate surface area is 71.9 Å². The molecular weight excluding hydrogens is 156 g/mol. The van der Waals surface area contributed by atoms with Gasteiger partial charge in [-0.1, -0.05) is 13.0 Å². The van der Waals surface area contributed by atoms with Crippen molar-refractivity contribution < 1.29 is 0 Å². The number of thioether (sulfide) groups is 1. The number of hydrogen-bond acceptors (Lipinski definition) is 3. The Morgan fingerprint density at radius 3 is 3.00 bits per heavy atom. The number of nitrogens with one attached hydrogen (secondary N) is 1. The van der Waals surface area contributed by atoms with E-state index < -0.39 is 0 Å². The quantitative estimate of drug-likeness (QED) is 0.665. The highest BCUT2D eigenvalue weighted by Gasteiger charge is 2.03. The van der Waals surface area contributed by atoms with Crippen molar-refractivity contribution in [1.29, 1.82) is 0 Å². The zero-order valence-electron chi connectivity index (χ0n) is 6.71. The molecule has 0 fully saturated rings. The molecule has 62 valence electrons. The van der Waals surface area contributed by atoms with Gasteiger partial charge >= 0.3 is 0 Å². The van der Waals surface area contributed by atoms with Gasteiger partial charge in [-0.25, -0.2) is 0 Å². The fraction of sp³-hybridized carbons (Fsp3) is 0.500. The molecule has 0 aliphatic carbocycles. The van der Waals surface area contributed by atoms with E-state index in [0.717, 1.165) is 5.75 Å². The van der Waals surface area contributed by atoms with E-state index in [1.54, 1.807) is 0 Å². The Bertz CT molecular complexity index is 175. The normalized spacial score (nSPS) is 22.7. The van der Waals surface area contributed by atoms with Crippen LogP contribution < -0.4 is 11.1 Å². The predicted octanol–water partition coefficient (Wildman–Crippen LogP) is 1.07. The van der Waals surface area contributed by atoms with Crippen LogP contribution in [0.15, 0.2) is 23.3 Å². The minimum absolute atomic E-state index is 0.330. The molecule has 0 saturated heterocycles. The fourth-order valence-corrected chi connectivity index (χ4v) is 1.57. The number of rotatable bonds is 3. The van der Waals surface area contributed by atoms with Gasteiger partial charge in [0.25, 0.3) is 0 Å². The fourth-order valence-electron chi connectivity index (χ4n) is 0.907. The van der Waals surface area contributed by atoms with Gasteiger partial charge in [-0.2, -0.15) is 0 Å². The van der Waals surface area contributed by atoms with Crippen LogP contribution in [-0.4, -0.2) is 18.3 Å². The van der Waals surface area contributed by atoms with E-state index in [1.165, 1.54) is 4.91 Å². The number of nitrogens with two attached hydrogens (primary N) is 1. The van der Waals surface area contributed by atoms with Gasteiger partial charge < -0.3 is 11.1 Å². The maximum atomic E-state index is 5.47. The third kappa shape index (κ3) is 2.60. The molecule has 0 amide bonds. The van der Waals surface area contributed by atoms with E-state index in [-0.39, 0.29) is 0 Å². The summed E-state index contributed by atoms with van der Waals surface area (Å²) in [5.41, 5.74) is 5.47. The third-order valence-corrected chi connectivity index (χ3v) is 2.37. The summed E-state index contributed by atoms with van der Waals surface area (Å²) in [4.78, 5) is 1.29. The van der Waals surface area contributed by atoms with Crippen molar-refractivity contribution in [3.8, 4) is 0 Å². The molecule has 0 aromatic heterocycles. The summed E-state index contributed by atoms with van der Waals surface area (Å²) < 4.78 is 0. The second kappa shape index (κ2) is 4.46. The Morgan fingerprint density at radius 1 is 1.73 bits per heavy atom. The molecule has 0 aromatic carbocycles. The largest absolute Gasteiger partial charge is 0.383 e. The van der Waals surface area contributed by atoms with Crippen LogP contribution in [0.1, 0.15) is 6.92 Å². The van der Waals surface area contributed by atoms with Gasteiger partial charge in [-0.15, -0.1) is 11.8 Å². The van der Waals surface area contributed by atoms with Crippen LogP contribution >= 0.6 is 11.8 Å². The molecule has 0 spiro atoms. The Balaban J connectivity index is 2.39. The molecular formula is C8H14N2S. The zero-order chi connectivity index (χ0) is 8.10. The topological polar surface area (TPSA) is 38.0 Å². The van der Waals surface area contributed by atoms with Crippen molar-refractivity contribution in [2.24, 2.45) is 5.73 Å². The van der Waals surface area contributed by atoms with E-state index >= 15 is 0 Å². The van der Waals surface area contributed by atoms with Gasteiger partial charge in [0.2, 0.25) is 0 Å². The third-order valence-electron chi connectivity index (χ3n) is 1.50. The molecule has 0 bridgehead atoms. The molecule has 3 N–H and O–H groups in total. The maximum absolute atomic E-state index is 5.47. The highest BCUT2D eigenvalue weighted by atomic mass is 32.2. The van der Waals surface area contributed by atoms with E-state index in [4.69, 9.17) is 5.73 Å². The number of dihydropyridines is 1. The summed E-state index contributed by atoms with van der Waals surface area (Å²) in [5, 5.41) is 3.21. The van der Waals surface area contributed by atoms with Crippen LogP contribution in [0.5, 0.6) is 0 Å². The highest BCUT2D eigenvalue weighted by Crippen LogP contribution is 2.17. The van der Waals surface area contributed by atoms with Crippen molar-refractivity contribution in [2.45, 2.75) is 13.0 Å². The molecule has 11 heavy (non-hydrogen) atoms. The first kappa shape index (κ1) is 8.68. The first-order valence-corrected chi connectivity index (χ1v) is 4.82. The summed E-state index contributed by atoms with van der Waals surface area (Å²) in [5.74, 6) is 1.12. The minimum Gasteiger partial charge on any atom is -0.383 e. The lowest BCUT2D eigenvalue weighted by molar-refractivity contribution is 0.700. The average Bonchev–Trinajstić information content (AvgIpc) is 2.07. The van der Waals surface area contributed by atoms with Crippen LogP contribution in [0.3, 0.4) is 0 Å². The van der Waals surface area contributed by atoms with Gasteiger partial charge in [0.1, 0.15) is 0 Å². The molecule has 1 unspecified atom stereocenters. The van der Waals surface area contributed by atoms with E-state index in [0.29, 0.717) is 12.6 Å². The standard InChI is InChI=1S/C8H14N2S/c1-2-11-8-4-3-7(5-9)10-6-8/h3-4,6-7,10H,2,5,9H2,1H3. The minimum atomic E-state index is 0.330. The molecule has 2 nitrogen and oxygen atoms in total. The van der Waals surface area contributed by atoms with Crippen molar-refractivity contribution in [3.63, 3.8) is 0 Å². The van der Waals surface area contributed by atoms with Crippen LogP contribution in [0.25, 0.3) is 0 Å². The van der Waals surface area contributed by atoms with Crippen molar-refractivity contribution >= 4 is 11.8 Å². The highest BCUT2D eigenvalue weighted by molar-refractivity contribution is 8.03. The van der Waals surface area contributed by atoms with Crippen molar-refractivity contribution in [2.75, 3.05) is 12.3 Å². The van der Waals surface area contributed by atoms with Gasteiger partial charge in [-0.05, 0) is 11.8 Å². The molecule has 1 atom stereocenters. The van der Waals surface area contributed by atoms with Crippen LogP contribution in [0, 0.1) is 0 Å². The lowest BCUT2D eigenvalue weighted by atomic mass is 10.2. The predicted molar refractivity (Wildman–Crippen MR) is 51.3 cm³/mol.